The number of benzene rings is 2. The van der Waals surface area contributed by atoms with E-state index in [0.29, 0.717) is 30.0 Å². The molecule has 2 aromatic carbocycles. The number of nitrogens with zero attached hydrogens (tertiary/aromatic N) is 4. The first-order valence-corrected chi connectivity index (χ1v) is 11.3. The maximum Gasteiger partial charge on any atom is 0.410 e. The summed E-state index contributed by atoms with van der Waals surface area (Å²) in [5.74, 6) is 0.343. The van der Waals surface area contributed by atoms with E-state index in [4.69, 9.17) is 32.9 Å². The summed E-state index contributed by atoms with van der Waals surface area (Å²) in [6.45, 7) is 5.87. The number of carbonyl (C=O) groups is 1. The fraction of sp³-hybridized carbons (Fsp3) is 0.333. The number of ether oxygens (including phenoxy) is 1. The summed E-state index contributed by atoms with van der Waals surface area (Å²) in [5.41, 5.74) is 0.0219. The van der Waals surface area contributed by atoms with E-state index >= 15 is 0 Å². The Morgan fingerprint density at radius 3 is 2.64 bits per heavy atom. The molecule has 0 spiro atoms. The second-order valence-corrected chi connectivity index (χ2v) is 9.67. The van der Waals surface area contributed by atoms with Crippen LogP contribution in [0.3, 0.4) is 0 Å². The molecule has 33 heavy (non-hydrogen) atoms. The Morgan fingerprint density at radius 2 is 1.94 bits per heavy atom. The van der Waals surface area contributed by atoms with Crippen LogP contribution in [0.15, 0.2) is 41.2 Å². The Labute approximate surface area is 201 Å². The number of likely N-dealkylation sites (tertiary alicyclic amines) is 1. The summed E-state index contributed by atoms with van der Waals surface area (Å²) in [5, 5.41) is 10.1. The van der Waals surface area contributed by atoms with E-state index in [9.17, 15) is 14.9 Å². The molecule has 1 aliphatic heterocycles. The fourth-order valence-electron chi connectivity index (χ4n) is 4.00. The summed E-state index contributed by atoms with van der Waals surface area (Å²) in [6, 6.07) is 11.4. The van der Waals surface area contributed by atoms with Crippen LogP contribution in [-0.2, 0) is 4.74 Å². The van der Waals surface area contributed by atoms with E-state index < -0.39 is 23.3 Å². The number of hydrogen-bond acceptors (Lipinski definition) is 5. The molecule has 1 saturated heterocycles. The zero-order valence-electron chi connectivity index (χ0n) is 18.4. The Balaban J connectivity index is 1.99. The molecule has 7 nitrogen and oxygen atoms in total. The first kappa shape index (κ1) is 23.1. The molecule has 1 atom stereocenters. The maximum atomic E-state index is 13.7. The molecule has 0 bridgehead atoms. The van der Waals surface area contributed by atoms with Gasteiger partial charge in [-0.15, -0.1) is 0 Å². The summed E-state index contributed by atoms with van der Waals surface area (Å²) in [6.07, 6.45) is 0.834. The third kappa shape index (κ3) is 4.41. The highest BCUT2D eigenvalue weighted by atomic mass is 35.5. The Kier molecular flexibility index (Phi) is 6.08. The van der Waals surface area contributed by atoms with Crippen LogP contribution in [0.2, 0.25) is 10.0 Å². The molecular formula is C24H22Cl2N4O3. The van der Waals surface area contributed by atoms with Crippen LogP contribution in [0.5, 0.6) is 0 Å². The van der Waals surface area contributed by atoms with Gasteiger partial charge in [0, 0.05) is 6.54 Å². The molecule has 9 heteroatoms. The lowest BCUT2D eigenvalue weighted by atomic mass is 10.1. The molecular weight excluding hydrogens is 463 g/mol. The first-order valence-electron chi connectivity index (χ1n) is 10.5. The van der Waals surface area contributed by atoms with Crippen LogP contribution in [0.4, 0.5) is 4.79 Å². The van der Waals surface area contributed by atoms with Gasteiger partial charge in [0.25, 0.3) is 5.56 Å². The van der Waals surface area contributed by atoms with Crippen molar-refractivity contribution in [1.29, 1.82) is 5.26 Å². The van der Waals surface area contributed by atoms with Crippen LogP contribution in [0, 0.1) is 11.3 Å². The molecule has 0 radical (unpaired) electrons. The van der Waals surface area contributed by atoms with Gasteiger partial charge in [-0.3, -0.25) is 14.3 Å². The van der Waals surface area contributed by atoms with Gasteiger partial charge >= 0.3 is 6.09 Å². The summed E-state index contributed by atoms with van der Waals surface area (Å²) in [7, 11) is 0. The minimum absolute atomic E-state index is 0.178. The lowest BCUT2D eigenvalue weighted by Crippen LogP contribution is -2.38. The molecule has 170 valence electrons. The van der Waals surface area contributed by atoms with Crippen molar-refractivity contribution in [3.8, 4) is 11.8 Å². The van der Waals surface area contributed by atoms with Crippen molar-refractivity contribution >= 4 is 40.2 Å². The smallest absolute Gasteiger partial charge is 0.410 e. The summed E-state index contributed by atoms with van der Waals surface area (Å²) in [4.78, 5) is 33.0. The minimum atomic E-state index is -0.668. The van der Waals surface area contributed by atoms with Crippen molar-refractivity contribution in [3.63, 3.8) is 0 Å². The highest BCUT2D eigenvalue weighted by Crippen LogP contribution is 2.35. The summed E-state index contributed by atoms with van der Waals surface area (Å²) >= 11 is 12.8. The van der Waals surface area contributed by atoms with E-state index in [1.807, 2.05) is 0 Å². The minimum Gasteiger partial charge on any atom is -0.444 e. The maximum absolute atomic E-state index is 13.7. The largest absolute Gasteiger partial charge is 0.444 e. The lowest BCUT2D eigenvalue weighted by Gasteiger charge is -2.29. The molecule has 0 saturated carbocycles. The van der Waals surface area contributed by atoms with Gasteiger partial charge in [-0.25, -0.2) is 9.78 Å². The summed E-state index contributed by atoms with van der Waals surface area (Å²) < 4.78 is 7.01. The normalized spacial score (nSPS) is 16.1. The third-order valence-electron chi connectivity index (χ3n) is 5.36. The molecule has 4 rings (SSSR count). The van der Waals surface area contributed by atoms with Crippen LogP contribution in [0.25, 0.3) is 16.6 Å². The van der Waals surface area contributed by atoms with E-state index in [-0.39, 0.29) is 20.9 Å². The average Bonchev–Trinajstić information content (AvgIpc) is 3.25. The monoisotopic (exact) mass is 484 g/mol. The van der Waals surface area contributed by atoms with E-state index in [1.165, 1.54) is 4.57 Å². The molecule has 2 heterocycles. The van der Waals surface area contributed by atoms with Crippen LogP contribution in [-0.4, -0.2) is 32.7 Å². The average molecular weight is 485 g/mol. The molecule has 1 aromatic heterocycles. The molecule has 1 fully saturated rings. The molecule has 1 amide bonds. The van der Waals surface area contributed by atoms with Gasteiger partial charge in [-0.2, -0.15) is 5.26 Å². The molecule has 0 N–H and O–H groups in total. The predicted octanol–water partition coefficient (Wildman–Crippen LogP) is 5.64. The zero-order chi connectivity index (χ0) is 23.9. The quantitative estimate of drug-likeness (QED) is 0.469. The number of aromatic nitrogens is 2. The standard InChI is InChI=1S/C24H22Cl2N4O3/c1-24(2,3)33-23(32)29-11-5-8-18(29)21-28-20-17(26)10-9-16(25)19(20)22(31)30(21)15-7-4-6-14(12-15)13-27/h4,6-7,9-10,12,18H,5,8,11H2,1-3H3. The molecule has 0 aliphatic carbocycles. The third-order valence-corrected chi connectivity index (χ3v) is 5.98. The van der Waals surface area contributed by atoms with Crippen LogP contribution < -0.4 is 5.56 Å². The number of hydrogen-bond donors (Lipinski definition) is 0. The highest BCUT2D eigenvalue weighted by molar-refractivity contribution is 6.39. The first-order chi connectivity index (χ1) is 15.6. The SMILES string of the molecule is CC(C)(C)OC(=O)N1CCCC1c1nc2c(Cl)ccc(Cl)c2c(=O)n1-c1cccc(C#N)c1. The number of halogens is 2. The lowest BCUT2D eigenvalue weighted by molar-refractivity contribution is 0.0216. The number of carbonyl (C=O) groups excluding carboxylic acids is 1. The van der Waals surface area contributed by atoms with Crippen molar-refractivity contribution in [2.45, 2.75) is 45.3 Å². The number of fused-ring (bicyclic) bond motifs is 1. The number of nitriles is 1. The van der Waals surface area contributed by atoms with E-state index in [0.717, 1.165) is 6.42 Å². The Hall–Kier alpha value is -3.08. The number of amides is 1. The van der Waals surface area contributed by atoms with Gasteiger partial charge < -0.3 is 4.74 Å². The van der Waals surface area contributed by atoms with E-state index in [2.05, 4.69) is 6.07 Å². The van der Waals surface area contributed by atoms with Gasteiger partial charge in [-0.1, -0.05) is 29.3 Å². The highest BCUT2D eigenvalue weighted by Gasteiger charge is 2.36. The van der Waals surface area contributed by atoms with E-state index in [1.54, 1.807) is 62.1 Å². The Bertz CT molecular complexity index is 1350. The van der Waals surface area contributed by atoms with Gasteiger partial charge in [0.2, 0.25) is 0 Å². The topological polar surface area (TPSA) is 88.2 Å². The van der Waals surface area contributed by atoms with Crippen molar-refractivity contribution in [2.24, 2.45) is 0 Å². The number of rotatable bonds is 2. The van der Waals surface area contributed by atoms with Crippen molar-refractivity contribution in [3.05, 3.63) is 68.2 Å². The van der Waals surface area contributed by atoms with Crippen molar-refractivity contribution in [1.82, 2.24) is 14.5 Å². The van der Waals surface area contributed by atoms with Crippen LogP contribution >= 0.6 is 23.2 Å². The van der Waals surface area contributed by atoms with Crippen LogP contribution in [0.1, 0.15) is 51.0 Å². The molecule has 1 unspecified atom stereocenters. The van der Waals surface area contributed by atoms with Gasteiger partial charge in [-0.05, 0) is 63.9 Å². The fourth-order valence-corrected chi connectivity index (χ4v) is 4.43. The molecule has 3 aromatic rings. The van der Waals surface area contributed by atoms with Gasteiger partial charge in [0.05, 0.1) is 44.3 Å². The Morgan fingerprint density at radius 1 is 1.21 bits per heavy atom. The van der Waals surface area contributed by atoms with Gasteiger partial charge in [0.1, 0.15) is 11.4 Å². The van der Waals surface area contributed by atoms with Gasteiger partial charge in [0.15, 0.2) is 0 Å². The zero-order valence-corrected chi connectivity index (χ0v) is 19.9. The predicted molar refractivity (Wildman–Crippen MR) is 127 cm³/mol. The van der Waals surface area contributed by atoms with Crippen molar-refractivity contribution < 1.29 is 9.53 Å². The van der Waals surface area contributed by atoms with Crippen molar-refractivity contribution in [2.75, 3.05) is 6.54 Å². The second kappa shape index (κ2) is 8.69. The molecule has 1 aliphatic rings. The second-order valence-electron chi connectivity index (χ2n) is 8.86.